The molecule has 9 heteroatoms. The van der Waals surface area contributed by atoms with Crippen molar-refractivity contribution in [2.24, 2.45) is 7.05 Å². The van der Waals surface area contributed by atoms with Crippen LogP contribution in [0.1, 0.15) is 55.3 Å². The van der Waals surface area contributed by atoms with Gasteiger partial charge in [-0.25, -0.2) is 13.6 Å². The summed E-state index contributed by atoms with van der Waals surface area (Å²) >= 11 is 0. The van der Waals surface area contributed by atoms with E-state index in [-0.39, 0.29) is 40.8 Å². The molecule has 1 saturated heterocycles. The molecule has 1 aliphatic carbocycles. The van der Waals surface area contributed by atoms with Gasteiger partial charge in [-0.05, 0) is 37.8 Å². The summed E-state index contributed by atoms with van der Waals surface area (Å²) in [7, 11) is 1.64. The molecule has 2 N–H and O–H groups in total. The van der Waals surface area contributed by atoms with Gasteiger partial charge in [-0.2, -0.15) is 5.10 Å². The molecule has 2 aliphatic rings. The van der Waals surface area contributed by atoms with Crippen LogP contribution in [0.3, 0.4) is 0 Å². The van der Waals surface area contributed by atoms with Crippen LogP contribution in [-0.2, 0) is 7.05 Å². The highest BCUT2D eigenvalue weighted by Crippen LogP contribution is 2.26. The van der Waals surface area contributed by atoms with E-state index in [9.17, 15) is 18.4 Å². The van der Waals surface area contributed by atoms with Crippen molar-refractivity contribution >= 4 is 11.9 Å². The number of hydrogen-bond acceptors (Lipinski definition) is 3. The molecule has 0 bridgehead atoms. The van der Waals surface area contributed by atoms with E-state index in [1.54, 1.807) is 11.9 Å². The number of halogens is 2. The van der Waals surface area contributed by atoms with E-state index in [2.05, 4.69) is 15.7 Å². The number of nitrogens with zero attached hydrogens (tertiary/aromatic N) is 3. The van der Waals surface area contributed by atoms with Crippen molar-refractivity contribution in [1.82, 2.24) is 25.3 Å². The maximum Gasteiger partial charge on any atom is 0.317 e. The lowest BCUT2D eigenvalue weighted by atomic mass is 9.95. The van der Waals surface area contributed by atoms with Crippen molar-refractivity contribution in [1.29, 1.82) is 0 Å². The maximum atomic E-state index is 14.3. The molecule has 1 saturated carbocycles. The molecular formula is C23H29F2N5O2. The second-order valence-corrected chi connectivity index (χ2v) is 8.71. The molecule has 32 heavy (non-hydrogen) atoms. The number of aryl methyl sites for hydroxylation is 1. The number of aromatic nitrogens is 2. The van der Waals surface area contributed by atoms with Crippen LogP contribution in [-0.4, -0.2) is 51.8 Å². The van der Waals surface area contributed by atoms with Crippen LogP contribution < -0.4 is 10.6 Å². The number of carbonyl (C=O) groups is 2. The van der Waals surface area contributed by atoms with Gasteiger partial charge in [0.05, 0.1) is 5.56 Å². The third kappa shape index (κ3) is 5.08. The number of urea groups is 1. The topological polar surface area (TPSA) is 79.3 Å². The Morgan fingerprint density at radius 1 is 1.00 bits per heavy atom. The lowest BCUT2D eigenvalue weighted by molar-refractivity contribution is 0.0918. The Kier molecular flexibility index (Phi) is 6.72. The summed E-state index contributed by atoms with van der Waals surface area (Å²) in [5.41, 5.74) is 0.480. The second kappa shape index (κ2) is 9.67. The van der Waals surface area contributed by atoms with Crippen molar-refractivity contribution in [2.75, 3.05) is 13.1 Å². The second-order valence-electron chi connectivity index (χ2n) is 8.71. The smallest absolute Gasteiger partial charge is 0.317 e. The van der Waals surface area contributed by atoms with E-state index < -0.39 is 11.6 Å². The Morgan fingerprint density at radius 3 is 2.38 bits per heavy atom. The first-order valence-corrected chi connectivity index (χ1v) is 11.3. The standard InChI is InChI=1S/C23H29F2N5O2/c1-29-14-19(21(28-29)18-8-7-15(24)13-20(18)25)22(31)26-17-9-11-30(12-10-17)23(32)27-16-5-3-2-4-6-16/h7-8,13-14,16-17H,2-6,9-12H2,1H3,(H,26,31)(H,27,32). The van der Waals surface area contributed by atoms with E-state index >= 15 is 0 Å². The first-order chi connectivity index (χ1) is 15.4. The van der Waals surface area contributed by atoms with Gasteiger partial charge in [0.25, 0.3) is 5.91 Å². The highest BCUT2D eigenvalue weighted by Gasteiger charge is 2.27. The molecule has 0 radical (unpaired) electrons. The highest BCUT2D eigenvalue weighted by molar-refractivity contribution is 6.00. The lowest BCUT2D eigenvalue weighted by Gasteiger charge is -2.34. The summed E-state index contributed by atoms with van der Waals surface area (Å²) in [5.74, 6) is -1.82. The fourth-order valence-electron chi connectivity index (χ4n) is 4.54. The van der Waals surface area contributed by atoms with E-state index in [0.717, 1.165) is 37.8 Å². The van der Waals surface area contributed by atoms with E-state index in [1.807, 2.05) is 0 Å². The fraction of sp³-hybridized carbons (Fsp3) is 0.522. The van der Waals surface area contributed by atoms with E-state index in [1.165, 1.54) is 23.4 Å². The summed E-state index contributed by atoms with van der Waals surface area (Å²) in [5, 5.41) is 10.3. The number of rotatable bonds is 4. The lowest BCUT2D eigenvalue weighted by Crippen LogP contribution is -2.51. The van der Waals surface area contributed by atoms with Gasteiger partial charge in [-0.3, -0.25) is 9.48 Å². The van der Waals surface area contributed by atoms with Crippen LogP contribution >= 0.6 is 0 Å². The molecular weight excluding hydrogens is 416 g/mol. The van der Waals surface area contributed by atoms with Gasteiger partial charge in [0, 0.05) is 50.0 Å². The fourth-order valence-corrected chi connectivity index (χ4v) is 4.54. The molecule has 0 unspecified atom stereocenters. The van der Waals surface area contributed by atoms with E-state index in [0.29, 0.717) is 25.9 Å². The van der Waals surface area contributed by atoms with Gasteiger partial charge in [-0.1, -0.05) is 19.3 Å². The third-order valence-electron chi connectivity index (χ3n) is 6.31. The molecule has 1 aromatic heterocycles. The maximum absolute atomic E-state index is 14.3. The van der Waals surface area contributed by atoms with Gasteiger partial charge in [0.1, 0.15) is 17.3 Å². The number of hydrogen-bond donors (Lipinski definition) is 2. The summed E-state index contributed by atoms with van der Waals surface area (Å²) in [6, 6.07) is 3.36. The molecule has 2 fully saturated rings. The molecule has 1 aromatic carbocycles. The molecule has 2 aromatic rings. The zero-order chi connectivity index (χ0) is 22.7. The normalized spacial score (nSPS) is 17.9. The monoisotopic (exact) mass is 445 g/mol. The van der Waals surface area contributed by atoms with Gasteiger partial charge >= 0.3 is 6.03 Å². The minimum Gasteiger partial charge on any atom is -0.349 e. The van der Waals surface area contributed by atoms with Crippen LogP contribution in [0.15, 0.2) is 24.4 Å². The predicted molar refractivity (Wildman–Crippen MR) is 116 cm³/mol. The molecule has 0 atom stereocenters. The molecule has 3 amide bonds. The average Bonchev–Trinajstić information content (AvgIpc) is 3.16. The zero-order valence-electron chi connectivity index (χ0n) is 18.2. The number of piperidine rings is 1. The molecule has 172 valence electrons. The summed E-state index contributed by atoms with van der Waals surface area (Å²) in [6.45, 7) is 1.13. The largest absolute Gasteiger partial charge is 0.349 e. The van der Waals surface area contributed by atoms with Gasteiger partial charge in [0.2, 0.25) is 0 Å². The first-order valence-electron chi connectivity index (χ1n) is 11.3. The van der Waals surface area contributed by atoms with E-state index in [4.69, 9.17) is 0 Å². The number of amides is 3. The van der Waals surface area contributed by atoms with Crippen LogP contribution in [0.4, 0.5) is 13.6 Å². The van der Waals surface area contributed by atoms with Crippen LogP contribution in [0, 0.1) is 11.6 Å². The molecule has 7 nitrogen and oxygen atoms in total. The average molecular weight is 446 g/mol. The number of likely N-dealkylation sites (tertiary alicyclic amines) is 1. The Morgan fingerprint density at radius 2 is 1.69 bits per heavy atom. The minimum atomic E-state index is -0.768. The van der Waals surface area contributed by atoms with Gasteiger partial charge in [0.15, 0.2) is 0 Å². The minimum absolute atomic E-state index is 0.0250. The van der Waals surface area contributed by atoms with Crippen molar-refractivity contribution in [3.63, 3.8) is 0 Å². The Balaban J connectivity index is 1.35. The van der Waals surface area contributed by atoms with Crippen molar-refractivity contribution < 1.29 is 18.4 Å². The van der Waals surface area contributed by atoms with Crippen molar-refractivity contribution in [3.8, 4) is 11.3 Å². The molecule has 4 rings (SSSR count). The summed E-state index contributed by atoms with van der Waals surface area (Å²) in [4.78, 5) is 27.3. The first kappa shape index (κ1) is 22.2. The molecule has 1 aliphatic heterocycles. The van der Waals surface area contributed by atoms with Crippen LogP contribution in [0.2, 0.25) is 0 Å². The van der Waals surface area contributed by atoms with Crippen molar-refractivity contribution in [3.05, 3.63) is 41.6 Å². The van der Waals surface area contributed by atoms with Gasteiger partial charge < -0.3 is 15.5 Å². The zero-order valence-corrected chi connectivity index (χ0v) is 18.2. The van der Waals surface area contributed by atoms with Crippen LogP contribution in [0.5, 0.6) is 0 Å². The Labute approximate surface area is 186 Å². The highest BCUT2D eigenvalue weighted by atomic mass is 19.1. The van der Waals surface area contributed by atoms with Crippen LogP contribution in [0.25, 0.3) is 11.3 Å². The number of benzene rings is 1. The molecule has 0 spiro atoms. The molecule has 2 heterocycles. The third-order valence-corrected chi connectivity index (χ3v) is 6.31. The number of carbonyl (C=O) groups excluding carboxylic acids is 2. The Bertz CT molecular complexity index is 979. The summed E-state index contributed by atoms with van der Waals surface area (Å²) in [6.07, 6.45) is 8.47. The number of nitrogens with one attached hydrogen (secondary N) is 2. The summed E-state index contributed by atoms with van der Waals surface area (Å²) < 4.78 is 29.0. The quantitative estimate of drug-likeness (QED) is 0.755. The Hall–Kier alpha value is -2.97. The van der Waals surface area contributed by atoms with Crippen molar-refractivity contribution in [2.45, 2.75) is 57.0 Å². The van der Waals surface area contributed by atoms with Gasteiger partial charge in [-0.15, -0.1) is 0 Å². The predicted octanol–water partition coefficient (Wildman–Crippen LogP) is 3.60. The SMILES string of the molecule is Cn1cc(C(=O)NC2CCN(C(=O)NC3CCCCC3)CC2)c(-c2ccc(F)cc2F)n1.